The van der Waals surface area contributed by atoms with Gasteiger partial charge in [0, 0.05) is 12.2 Å². The highest BCUT2D eigenvalue weighted by Gasteiger charge is 2.12. The van der Waals surface area contributed by atoms with E-state index in [0.29, 0.717) is 19.8 Å². The molecule has 0 bridgehead atoms. The van der Waals surface area contributed by atoms with Crippen molar-refractivity contribution in [3.05, 3.63) is 45.5 Å². The van der Waals surface area contributed by atoms with Gasteiger partial charge in [-0.05, 0) is 84.8 Å². The number of hydrogen-bond donors (Lipinski definition) is 1. The Bertz CT molecular complexity index is 659. The van der Waals surface area contributed by atoms with Crippen LogP contribution in [-0.4, -0.2) is 19.8 Å². The minimum absolute atomic E-state index is 0.619. The third-order valence-electron chi connectivity index (χ3n) is 3.48. The molecule has 0 aromatic heterocycles. The van der Waals surface area contributed by atoms with Gasteiger partial charge in [0.25, 0.3) is 0 Å². The molecule has 136 valence electrons. The minimum atomic E-state index is 0.619. The molecule has 0 aliphatic heterocycles. The molecule has 0 spiro atoms. The first-order valence-corrected chi connectivity index (χ1v) is 9.80. The molecule has 0 radical (unpaired) electrons. The van der Waals surface area contributed by atoms with Gasteiger partial charge >= 0.3 is 0 Å². The van der Waals surface area contributed by atoms with Crippen LogP contribution < -0.4 is 19.5 Å². The SMILES string of the molecule is CCCOc1c(I)cc(CNc2ccc(OCC)cc2)cc1OCC. The van der Waals surface area contributed by atoms with Crippen molar-refractivity contribution in [1.82, 2.24) is 0 Å². The number of hydrogen-bond acceptors (Lipinski definition) is 4. The van der Waals surface area contributed by atoms with E-state index >= 15 is 0 Å². The summed E-state index contributed by atoms with van der Waals surface area (Å²) in [5.74, 6) is 2.54. The maximum absolute atomic E-state index is 5.86. The molecule has 2 rings (SSSR count). The first-order valence-electron chi connectivity index (χ1n) is 8.72. The van der Waals surface area contributed by atoms with Gasteiger partial charge in [-0.3, -0.25) is 0 Å². The molecule has 0 heterocycles. The van der Waals surface area contributed by atoms with Crippen LogP contribution in [0.5, 0.6) is 17.2 Å². The molecule has 1 N–H and O–H groups in total. The average molecular weight is 455 g/mol. The van der Waals surface area contributed by atoms with E-state index in [1.54, 1.807) is 0 Å². The molecule has 25 heavy (non-hydrogen) atoms. The molecule has 0 saturated carbocycles. The second kappa shape index (κ2) is 10.4. The highest BCUT2D eigenvalue weighted by molar-refractivity contribution is 14.1. The third kappa shape index (κ3) is 5.99. The van der Waals surface area contributed by atoms with Gasteiger partial charge in [-0.25, -0.2) is 0 Å². The Balaban J connectivity index is 2.08. The predicted octanol–water partition coefficient (Wildman–Crippen LogP) is 5.49. The zero-order chi connectivity index (χ0) is 18.1. The topological polar surface area (TPSA) is 39.7 Å². The minimum Gasteiger partial charge on any atom is -0.494 e. The lowest BCUT2D eigenvalue weighted by Crippen LogP contribution is -2.05. The van der Waals surface area contributed by atoms with Crippen LogP contribution in [0.1, 0.15) is 32.8 Å². The number of anilines is 1. The maximum atomic E-state index is 5.86. The monoisotopic (exact) mass is 455 g/mol. The van der Waals surface area contributed by atoms with Gasteiger partial charge in [0.2, 0.25) is 0 Å². The summed E-state index contributed by atoms with van der Waals surface area (Å²) in [6.45, 7) is 8.78. The van der Waals surface area contributed by atoms with Gasteiger partial charge in [0.15, 0.2) is 11.5 Å². The van der Waals surface area contributed by atoms with E-state index in [0.717, 1.165) is 45.0 Å². The molecule has 4 nitrogen and oxygen atoms in total. The van der Waals surface area contributed by atoms with Gasteiger partial charge in [-0.2, -0.15) is 0 Å². The molecular weight excluding hydrogens is 429 g/mol. The summed E-state index contributed by atoms with van der Waals surface area (Å²) in [4.78, 5) is 0. The summed E-state index contributed by atoms with van der Waals surface area (Å²) in [7, 11) is 0. The fraction of sp³-hybridized carbons (Fsp3) is 0.400. The van der Waals surface area contributed by atoms with E-state index in [2.05, 4.69) is 47.0 Å². The van der Waals surface area contributed by atoms with Gasteiger partial charge in [-0.1, -0.05) is 6.92 Å². The van der Waals surface area contributed by atoms with Gasteiger partial charge < -0.3 is 19.5 Å². The summed E-state index contributed by atoms with van der Waals surface area (Å²) >= 11 is 2.31. The van der Waals surface area contributed by atoms with Crippen LogP contribution in [0.3, 0.4) is 0 Å². The summed E-state index contributed by atoms with van der Waals surface area (Å²) in [5.41, 5.74) is 2.22. The standard InChI is InChI=1S/C20H26INO3/c1-4-11-25-20-18(21)12-15(13-19(20)24-6-3)14-22-16-7-9-17(10-8-16)23-5-2/h7-10,12-13,22H,4-6,11,14H2,1-3H3. The normalized spacial score (nSPS) is 10.4. The zero-order valence-electron chi connectivity index (χ0n) is 15.1. The van der Waals surface area contributed by atoms with E-state index in [1.165, 1.54) is 0 Å². The zero-order valence-corrected chi connectivity index (χ0v) is 17.3. The number of benzene rings is 2. The van der Waals surface area contributed by atoms with Crippen LogP contribution in [0.15, 0.2) is 36.4 Å². The Morgan fingerprint density at radius 2 is 1.64 bits per heavy atom. The quantitative estimate of drug-likeness (QED) is 0.481. The number of nitrogens with one attached hydrogen (secondary N) is 1. The Kier molecular flexibility index (Phi) is 8.18. The molecule has 0 aliphatic carbocycles. The van der Waals surface area contributed by atoms with E-state index in [-0.39, 0.29) is 0 Å². The van der Waals surface area contributed by atoms with Crippen molar-refractivity contribution >= 4 is 28.3 Å². The van der Waals surface area contributed by atoms with Crippen molar-refractivity contribution in [3.63, 3.8) is 0 Å². The van der Waals surface area contributed by atoms with Crippen LogP contribution in [0.2, 0.25) is 0 Å². The third-order valence-corrected chi connectivity index (χ3v) is 4.28. The van der Waals surface area contributed by atoms with Crippen LogP contribution in [0.4, 0.5) is 5.69 Å². The van der Waals surface area contributed by atoms with Gasteiger partial charge in [0.05, 0.1) is 23.4 Å². The Morgan fingerprint density at radius 3 is 2.28 bits per heavy atom. The van der Waals surface area contributed by atoms with Crippen molar-refractivity contribution in [3.8, 4) is 17.2 Å². The van der Waals surface area contributed by atoms with E-state index in [4.69, 9.17) is 14.2 Å². The van der Waals surface area contributed by atoms with Crippen LogP contribution in [0.25, 0.3) is 0 Å². The summed E-state index contributed by atoms with van der Waals surface area (Å²) in [5, 5.41) is 3.43. The second-order valence-corrected chi connectivity index (χ2v) is 6.66. The van der Waals surface area contributed by atoms with Crippen molar-refractivity contribution in [2.45, 2.75) is 33.7 Å². The molecule has 0 aliphatic rings. The molecule has 5 heteroatoms. The van der Waals surface area contributed by atoms with Crippen molar-refractivity contribution < 1.29 is 14.2 Å². The Labute approximate surface area is 164 Å². The first kappa shape index (κ1) is 19.7. The molecule has 0 fully saturated rings. The highest BCUT2D eigenvalue weighted by atomic mass is 127. The van der Waals surface area contributed by atoms with Crippen LogP contribution >= 0.6 is 22.6 Å². The van der Waals surface area contributed by atoms with Gasteiger partial charge in [0.1, 0.15) is 5.75 Å². The molecule has 0 unspecified atom stereocenters. The summed E-state index contributed by atoms with van der Waals surface area (Å²) in [6.07, 6.45) is 0.975. The summed E-state index contributed by atoms with van der Waals surface area (Å²) in [6, 6.07) is 12.2. The molecular formula is C20H26INO3. The number of halogens is 1. The average Bonchev–Trinajstić information content (AvgIpc) is 2.61. The van der Waals surface area contributed by atoms with Crippen molar-refractivity contribution in [2.75, 3.05) is 25.1 Å². The largest absolute Gasteiger partial charge is 0.494 e. The van der Waals surface area contributed by atoms with Gasteiger partial charge in [-0.15, -0.1) is 0 Å². The lowest BCUT2D eigenvalue weighted by atomic mass is 10.2. The second-order valence-electron chi connectivity index (χ2n) is 5.50. The number of rotatable bonds is 10. The fourth-order valence-corrected chi connectivity index (χ4v) is 3.19. The van der Waals surface area contributed by atoms with Crippen molar-refractivity contribution in [1.29, 1.82) is 0 Å². The summed E-state index contributed by atoms with van der Waals surface area (Å²) < 4.78 is 18.2. The predicted molar refractivity (Wildman–Crippen MR) is 111 cm³/mol. The molecule has 0 saturated heterocycles. The van der Waals surface area contributed by atoms with E-state index in [1.807, 2.05) is 38.1 Å². The Hall–Kier alpha value is -1.63. The molecule has 0 amide bonds. The van der Waals surface area contributed by atoms with Crippen LogP contribution in [0, 0.1) is 3.57 Å². The smallest absolute Gasteiger partial charge is 0.174 e. The fourth-order valence-electron chi connectivity index (χ4n) is 2.37. The van der Waals surface area contributed by atoms with E-state index < -0.39 is 0 Å². The lowest BCUT2D eigenvalue weighted by Gasteiger charge is -2.16. The van der Waals surface area contributed by atoms with Crippen LogP contribution in [-0.2, 0) is 6.54 Å². The van der Waals surface area contributed by atoms with Crippen molar-refractivity contribution in [2.24, 2.45) is 0 Å². The molecule has 2 aromatic rings. The first-order chi connectivity index (χ1) is 12.2. The number of ether oxygens (including phenoxy) is 3. The molecule has 2 aromatic carbocycles. The maximum Gasteiger partial charge on any atom is 0.174 e. The Morgan fingerprint density at radius 1 is 0.920 bits per heavy atom. The molecule has 0 atom stereocenters. The lowest BCUT2D eigenvalue weighted by molar-refractivity contribution is 0.275. The van der Waals surface area contributed by atoms with E-state index in [9.17, 15) is 0 Å². The highest BCUT2D eigenvalue weighted by Crippen LogP contribution is 2.34.